The lowest BCUT2D eigenvalue weighted by atomic mass is 10.0. The van der Waals surface area contributed by atoms with Crippen LogP contribution in [0.5, 0.6) is 0 Å². The Kier molecular flexibility index (Phi) is 11.8. The molecule has 33 heavy (non-hydrogen) atoms. The minimum atomic E-state index is -0.427. The average molecular weight is 451 g/mol. The minimum Gasteiger partial charge on any atom is -0.469 e. The molecule has 2 aromatic carbocycles. The highest BCUT2D eigenvalue weighted by atomic mass is 16.5. The van der Waals surface area contributed by atoms with Gasteiger partial charge in [-0.3, -0.25) is 9.59 Å². The van der Waals surface area contributed by atoms with Crippen LogP contribution in [-0.4, -0.2) is 25.7 Å². The van der Waals surface area contributed by atoms with Crippen molar-refractivity contribution in [3.8, 4) is 11.8 Å². The largest absolute Gasteiger partial charge is 0.469 e. The van der Waals surface area contributed by atoms with Gasteiger partial charge in [-0.25, -0.2) is 0 Å². The smallest absolute Gasteiger partial charge is 0.306 e. The molecule has 0 saturated carbocycles. The maximum absolute atomic E-state index is 11.7. The highest BCUT2D eigenvalue weighted by Crippen LogP contribution is 2.11. The van der Waals surface area contributed by atoms with Gasteiger partial charge in [-0.2, -0.15) is 0 Å². The van der Waals surface area contributed by atoms with E-state index in [1.165, 1.54) is 20.0 Å². The van der Waals surface area contributed by atoms with Gasteiger partial charge >= 0.3 is 11.9 Å². The van der Waals surface area contributed by atoms with Crippen molar-refractivity contribution in [2.45, 2.75) is 59.2 Å². The summed E-state index contributed by atoms with van der Waals surface area (Å²) in [7, 11) is 1.29. The van der Waals surface area contributed by atoms with Gasteiger partial charge in [-0.15, -0.1) is 0 Å². The number of esters is 2. The zero-order valence-electron chi connectivity index (χ0n) is 19.9. The molecule has 5 nitrogen and oxygen atoms in total. The molecule has 0 aromatic heterocycles. The summed E-state index contributed by atoms with van der Waals surface area (Å²) in [6.07, 6.45) is 3.58. The molecule has 0 fully saturated rings. The van der Waals surface area contributed by atoms with Crippen molar-refractivity contribution >= 4 is 11.9 Å². The van der Waals surface area contributed by atoms with Crippen LogP contribution in [0, 0.1) is 17.8 Å². The third kappa shape index (κ3) is 10.9. The molecule has 0 heterocycles. The van der Waals surface area contributed by atoms with Gasteiger partial charge in [0.1, 0.15) is 6.61 Å². The Bertz CT molecular complexity index is 920. The number of methoxy groups -OCH3 is 1. The van der Waals surface area contributed by atoms with Crippen molar-refractivity contribution < 1.29 is 23.8 Å². The summed E-state index contributed by atoms with van der Waals surface area (Å²) in [4.78, 5) is 22.7. The number of hydrogen-bond donors (Lipinski definition) is 0. The van der Waals surface area contributed by atoms with E-state index >= 15 is 0 Å². The lowest BCUT2D eigenvalue weighted by Gasteiger charge is -2.08. The summed E-state index contributed by atoms with van der Waals surface area (Å²) in [6.45, 7) is 6.10. The van der Waals surface area contributed by atoms with Crippen LogP contribution in [0.2, 0.25) is 0 Å². The van der Waals surface area contributed by atoms with Crippen molar-refractivity contribution in [3.63, 3.8) is 0 Å². The number of carbonyl (C=O) groups excluding carboxylic acids is 2. The summed E-state index contributed by atoms with van der Waals surface area (Å²) in [5, 5.41) is 0. The Balaban J connectivity index is 1.74. The van der Waals surface area contributed by atoms with Crippen LogP contribution in [0.4, 0.5) is 0 Å². The first kappa shape index (κ1) is 26.2. The third-order valence-corrected chi connectivity index (χ3v) is 5.37. The van der Waals surface area contributed by atoms with Gasteiger partial charge < -0.3 is 14.2 Å². The van der Waals surface area contributed by atoms with Crippen LogP contribution in [-0.2, 0) is 37.0 Å². The monoisotopic (exact) mass is 450 g/mol. The maximum Gasteiger partial charge on any atom is 0.306 e. The fourth-order valence-electron chi connectivity index (χ4n) is 2.98. The number of carbonyl (C=O) groups is 2. The van der Waals surface area contributed by atoms with E-state index in [4.69, 9.17) is 9.47 Å². The Morgan fingerprint density at radius 3 is 1.94 bits per heavy atom. The number of ether oxygens (including phenoxy) is 3. The second-order valence-electron chi connectivity index (χ2n) is 8.09. The van der Waals surface area contributed by atoms with E-state index < -0.39 is 11.9 Å². The Morgan fingerprint density at radius 2 is 1.39 bits per heavy atom. The molecule has 0 radical (unpaired) electrons. The first-order chi connectivity index (χ1) is 16.0. The predicted molar refractivity (Wildman–Crippen MR) is 128 cm³/mol. The van der Waals surface area contributed by atoms with E-state index in [0.29, 0.717) is 6.61 Å². The molecule has 0 amide bonds. The van der Waals surface area contributed by atoms with Gasteiger partial charge in [-0.1, -0.05) is 56.4 Å². The molecule has 0 N–H and O–H groups in total. The molecule has 5 heteroatoms. The number of benzene rings is 2. The lowest BCUT2D eigenvalue weighted by molar-refractivity contribution is -0.149. The van der Waals surface area contributed by atoms with E-state index in [1.807, 2.05) is 36.4 Å². The fourth-order valence-corrected chi connectivity index (χ4v) is 2.98. The van der Waals surface area contributed by atoms with Gasteiger partial charge in [0.05, 0.1) is 26.6 Å². The fraction of sp³-hybridized carbons (Fsp3) is 0.429. The molecule has 2 aromatic rings. The van der Waals surface area contributed by atoms with E-state index in [-0.39, 0.29) is 19.4 Å². The van der Waals surface area contributed by atoms with Gasteiger partial charge in [0.25, 0.3) is 0 Å². The van der Waals surface area contributed by atoms with Crippen molar-refractivity contribution in [1.29, 1.82) is 0 Å². The first-order valence-corrected chi connectivity index (χ1v) is 11.5. The van der Waals surface area contributed by atoms with Crippen LogP contribution in [0.15, 0.2) is 48.5 Å². The Morgan fingerprint density at radius 1 is 0.848 bits per heavy atom. The predicted octanol–water partition coefficient (Wildman–Crippen LogP) is 5.43. The standard InChI is InChI=1S/C28H34O5/c1-4-22(2)6-5-19-32-20-25-13-9-23(10-14-25)7-8-24-11-15-26(16-12-24)21-33-28(30)18-17-27(29)31-3/h9-16,22H,4-6,17-21H2,1-3H3. The van der Waals surface area contributed by atoms with Crippen molar-refractivity contribution in [1.82, 2.24) is 0 Å². The zero-order valence-corrected chi connectivity index (χ0v) is 19.9. The molecule has 0 spiro atoms. The molecule has 176 valence electrons. The second kappa shape index (κ2) is 14.9. The Labute approximate surface area is 197 Å². The van der Waals surface area contributed by atoms with Crippen LogP contribution < -0.4 is 0 Å². The molecule has 1 unspecified atom stereocenters. The highest BCUT2D eigenvalue weighted by Gasteiger charge is 2.08. The van der Waals surface area contributed by atoms with Gasteiger partial charge in [0, 0.05) is 17.7 Å². The third-order valence-electron chi connectivity index (χ3n) is 5.37. The molecular formula is C28H34O5. The molecule has 0 aliphatic rings. The molecule has 0 aliphatic carbocycles. The molecule has 2 rings (SSSR count). The summed E-state index contributed by atoms with van der Waals surface area (Å²) in [5.41, 5.74) is 3.83. The van der Waals surface area contributed by atoms with Crippen LogP contribution in [0.1, 0.15) is 68.2 Å². The quantitative estimate of drug-likeness (QED) is 0.245. The van der Waals surface area contributed by atoms with E-state index in [9.17, 15) is 9.59 Å². The topological polar surface area (TPSA) is 61.8 Å². The first-order valence-electron chi connectivity index (χ1n) is 11.5. The number of hydrogen-bond acceptors (Lipinski definition) is 5. The number of rotatable bonds is 12. The minimum absolute atomic E-state index is 0.0133. The molecular weight excluding hydrogens is 416 g/mol. The SMILES string of the molecule is CCC(C)CCCOCc1ccc(C#Cc2ccc(COC(=O)CCC(=O)OC)cc2)cc1. The van der Waals surface area contributed by atoms with Crippen LogP contribution in [0.3, 0.4) is 0 Å². The van der Waals surface area contributed by atoms with E-state index in [1.54, 1.807) is 0 Å². The second-order valence-corrected chi connectivity index (χ2v) is 8.09. The summed E-state index contributed by atoms with van der Waals surface area (Å²) >= 11 is 0. The van der Waals surface area contributed by atoms with E-state index in [0.717, 1.165) is 41.2 Å². The molecule has 1 atom stereocenters. The highest BCUT2D eigenvalue weighted by molar-refractivity contribution is 5.77. The average Bonchev–Trinajstić information content (AvgIpc) is 2.85. The van der Waals surface area contributed by atoms with Crippen molar-refractivity contribution in [2.24, 2.45) is 5.92 Å². The summed E-state index contributed by atoms with van der Waals surface area (Å²) in [5.74, 6) is 6.23. The summed E-state index contributed by atoms with van der Waals surface area (Å²) in [6, 6.07) is 15.7. The normalized spacial score (nSPS) is 11.2. The Hall–Kier alpha value is -3.10. The zero-order chi connectivity index (χ0) is 23.9. The van der Waals surface area contributed by atoms with Gasteiger partial charge in [0.2, 0.25) is 0 Å². The van der Waals surface area contributed by atoms with E-state index in [2.05, 4.69) is 42.6 Å². The summed E-state index contributed by atoms with van der Waals surface area (Å²) < 4.78 is 15.4. The van der Waals surface area contributed by atoms with Crippen LogP contribution in [0.25, 0.3) is 0 Å². The van der Waals surface area contributed by atoms with Crippen LogP contribution >= 0.6 is 0 Å². The molecule has 0 bridgehead atoms. The van der Waals surface area contributed by atoms with Gasteiger partial charge in [0.15, 0.2) is 0 Å². The van der Waals surface area contributed by atoms with Gasteiger partial charge in [-0.05, 0) is 54.2 Å². The van der Waals surface area contributed by atoms with Crippen molar-refractivity contribution in [3.05, 3.63) is 70.8 Å². The molecule has 0 aliphatic heterocycles. The molecule has 0 saturated heterocycles. The van der Waals surface area contributed by atoms with Crippen molar-refractivity contribution in [2.75, 3.05) is 13.7 Å². The maximum atomic E-state index is 11.7. The lowest BCUT2D eigenvalue weighted by Crippen LogP contribution is -2.08.